The van der Waals surface area contributed by atoms with Gasteiger partial charge in [-0.15, -0.1) is 0 Å². The van der Waals surface area contributed by atoms with E-state index in [0.717, 1.165) is 29.5 Å². The largest absolute Gasteiger partial charge is 0.501 e. The first-order valence-electron chi connectivity index (χ1n) is 17.7. The Balaban J connectivity index is 0.000000219. The molecular weight excluding hydrogens is 884 g/mol. The Kier molecular flexibility index (Phi) is 18.0. The summed E-state index contributed by atoms with van der Waals surface area (Å²) in [7, 11) is 0. The van der Waals surface area contributed by atoms with Crippen LogP contribution in [0.3, 0.4) is 0 Å². The summed E-state index contributed by atoms with van der Waals surface area (Å²) in [4.78, 5) is 105. The van der Waals surface area contributed by atoms with Crippen LogP contribution in [0.4, 0.5) is 28.6 Å². The fourth-order valence-electron chi connectivity index (χ4n) is 4.87. The van der Waals surface area contributed by atoms with E-state index in [1.54, 1.807) is 6.92 Å². The zero-order valence-corrected chi connectivity index (χ0v) is 34.0. The number of nitro groups is 5. The molecule has 0 saturated heterocycles. The van der Waals surface area contributed by atoms with Crippen LogP contribution in [0.2, 0.25) is 5.02 Å². The van der Waals surface area contributed by atoms with E-state index >= 15 is 0 Å². The normalized spacial score (nSPS) is 9.77. The number of benzene rings is 2. The molecule has 25 nitrogen and oxygen atoms in total. The molecule has 7 rings (SSSR count). The second-order valence-corrected chi connectivity index (χ2v) is 12.8. The Labute approximate surface area is 366 Å². The van der Waals surface area contributed by atoms with E-state index in [-0.39, 0.29) is 16.4 Å². The van der Waals surface area contributed by atoms with Gasteiger partial charge in [0.15, 0.2) is 0 Å². The summed E-state index contributed by atoms with van der Waals surface area (Å²) in [6, 6.07) is 24.3. The van der Waals surface area contributed by atoms with Crippen LogP contribution < -0.4 is 22.0 Å². The number of nitrogens with zero attached hydrogens (tertiary/aromatic N) is 6. The van der Waals surface area contributed by atoms with Crippen LogP contribution in [0.1, 0.15) is 11.4 Å². The Morgan fingerprint density at radius 2 is 1.06 bits per heavy atom. The molecule has 5 heterocycles. The second-order valence-electron chi connectivity index (χ2n) is 12.4. The summed E-state index contributed by atoms with van der Waals surface area (Å²) < 4.78 is 0. The van der Waals surface area contributed by atoms with Crippen molar-refractivity contribution in [3.05, 3.63) is 230 Å². The summed E-state index contributed by atoms with van der Waals surface area (Å²) >= 11 is 5.39. The van der Waals surface area contributed by atoms with Crippen LogP contribution in [-0.2, 0) is 0 Å². The molecule has 0 aliphatic heterocycles. The van der Waals surface area contributed by atoms with Crippen molar-refractivity contribution >= 4 is 40.2 Å². The van der Waals surface area contributed by atoms with Crippen LogP contribution in [0, 0.1) is 64.4 Å². The van der Waals surface area contributed by atoms with E-state index in [0.29, 0.717) is 16.8 Å². The number of aromatic hydroxyl groups is 1. The number of aromatic amines is 4. The van der Waals surface area contributed by atoms with Crippen LogP contribution in [0.25, 0.3) is 22.3 Å². The molecule has 2 aromatic carbocycles. The van der Waals surface area contributed by atoms with Gasteiger partial charge in [0.2, 0.25) is 5.75 Å². The van der Waals surface area contributed by atoms with Crippen LogP contribution >= 0.6 is 11.6 Å². The Hall–Kier alpha value is -9.52. The Bertz CT molecular complexity index is 3080. The molecule has 7 aromatic rings. The highest BCUT2D eigenvalue weighted by molar-refractivity contribution is 6.30. The quantitative estimate of drug-likeness (QED) is 0.0849. The van der Waals surface area contributed by atoms with Crippen molar-refractivity contribution in [3.63, 3.8) is 0 Å². The lowest BCUT2D eigenvalue weighted by molar-refractivity contribution is -0.390. The van der Waals surface area contributed by atoms with Crippen molar-refractivity contribution in [1.29, 1.82) is 0 Å². The number of rotatable bonds is 7. The maximum absolute atomic E-state index is 11.1. The third kappa shape index (κ3) is 14.9. The molecule has 0 aliphatic rings. The van der Waals surface area contributed by atoms with Gasteiger partial charge in [-0.1, -0.05) is 72.3 Å². The molecule has 0 radical (unpaired) electrons. The average Bonchev–Trinajstić information content (AvgIpc) is 3.25. The van der Waals surface area contributed by atoms with Gasteiger partial charge in [0, 0.05) is 65.7 Å². The molecule has 26 heteroatoms. The lowest BCUT2D eigenvalue weighted by Gasteiger charge is -2.00. The number of aryl methyl sites for hydroxylation is 2. The summed E-state index contributed by atoms with van der Waals surface area (Å²) in [6.45, 7) is 3.14. The number of nitrogens with one attached hydrogen (secondary N) is 4. The van der Waals surface area contributed by atoms with E-state index in [1.807, 2.05) is 60.7 Å². The monoisotopic (exact) mass is 914 g/mol. The van der Waals surface area contributed by atoms with Gasteiger partial charge in [0.1, 0.15) is 6.20 Å². The summed E-state index contributed by atoms with van der Waals surface area (Å²) in [5.74, 6) is -0.953. The molecule has 0 saturated carbocycles. The molecule has 0 spiro atoms. The topological polar surface area (TPSA) is 380 Å². The van der Waals surface area contributed by atoms with Crippen molar-refractivity contribution in [2.24, 2.45) is 0 Å². The number of pyridine rings is 5. The summed E-state index contributed by atoms with van der Waals surface area (Å²) in [6.07, 6.45) is 6.50. The summed E-state index contributed by atoms with van der Waals surface area (Å²) in [5, 5.41) is 61.0. The van der Waals surface area contributed by atoms with Crippen molar-refractivity contribution in [1.82, 2.24) is 24.9 Å². The Morgan fingerprint density at radius 3 is 1.51 bits per heavy atom. The van der Waals surface area contributed by atoms with Crippen LogP contribution in [-0.4, -0.2) is 54.6 Å². The number of aromatic nitrogens is 5. The van der Waals surface area contributed by atoms with Gasteiger partial charge in [0.05, 0.1) is 36.6 Å². The van der Waals surface area contributed by atoms with Gasteiger partial charge in [0.25, 0.3) is 10.9 Å². The third-order valence-corrected chi connectivity index (χ3v) is 8.12. The Morgan fingerprint density at radius 1 is 0.538 bits per heavy atom. The molecule has 0 unspecified atom stereocenters. The maximum atomic E-state index is 11.1. The molecule has 0 fully saturated rings. The van der Waals surface area contributed by atoms with Gasteiger partial charge in [-0.05, 0) is 34.9 Å². The molecule has 0 aliphatic carbocycles. The second kappa shape index (κ2) is 23.5. The van der Waals surface area contributed by atoms with Gasteiger partial charge in [-0.3, -0.25) is 59.6 Å². The first-order chi connectivity index (χ1) is 30.7. The van der Waals surface area contributed by atoms with E-state index < -0.39 is 75.2 Å². The SMILES string of the molecule is Cc1[nH]ccc(=O)c1[N+](=O)[O-].Cc1cc(=O)c([N+](=O)[O-])c[nH]1.O=[N+]([O-])c1ncc(-c2ccccc2)cc1O.O=c1[nH]cc(-c2ccccc2)cc1[N+](=O)[O-].O=c1[nH]cc(Cl)cc1[N+](=O)[O-]. The zero-order valence-electron chi connectivity index (χ0n) is 33.3. The minimum absolute atomic E-state index is 0.135. The smallest absolute Gasteiger partial charge is 0.405 e. The highest BCUT2D eigenvalue weighted by atomic mass is 35.5. The van der Waals surface area contributed by atoms with Gasteiger partial charge < -0.3 is 35.2 Å². The van der Waals surface area contributed by atoms with E-state index in [9.17, 15) is 74.9 Å². The fourth-order valence-corrected chi connectivity index (χ4v) is 5.03. The zero-order chi connectivity index (χ0) is 48.4. The maximum Gasteiger partial charge on any atom is 0.405 e. The lowest BCUT2D eigenvalue weighted by atomic mass is 10.1. The number of hydrogen-bond acceptors (Lipinski definition) is 16. The first-order valence-corrected chi connectivity index (χ1v) is 18.1. The molecule has 0 atom stereocenters. The number of halogens is 1. The van der Waals surface area contributed by atoms with Crippen LogP contribution in [0.5, 0.6) is 5.75 Å². The van der Waals surface area contributed by atoms with E-state index in [1.165, 1.54) is 49.9 Å². The minimum Gasteiger partial charge on any atom is -0.501 e. The molecule has 0 amide bonds. The number of hydrogen-bond donors (Lipinski definition) is 5. The highest BCUT2D eigenvalue weighted by Gasteiger charge is 2.17. The van der Waals surface area contributed by atoms with Crippen molar-refractivity contribution in [2.75, 3.05) is 0 Å². The predicted molar refractivity (Wildman–Crippen MR) is 233 cm³/mol. The fraction of sp³-hybridized carbons (Fsp3) is 0.0513. The predicted octanol–water partition coefficient (Wildman–Crippen LogP) is 6.43. The van der Waals surface area contributed by atoms with Crippen LogP contribution in [0.15, 0.2) is 141 Å². The van der Waals surface area contributed by atoms with Crippen molar-refractivity contribution < 1.29 is 29.7 Å². The third-order valence-electron chi connectivity index (χ3n) is 7.90. The molecule has 65 heavy (non-hydrogen) atoms. The van der Waals surface area contributed by atoms with E-state index in [4.69, 9.17) is 11.6 Å². The first kappa shape index (κ1) is 49.8. The number of H-pyrrole nitrogens is 4. The molecular formula is C39H31ClN10O15. The average molecular weight is 915 g/mol. The molecule has 0 bridgehead atoms. The van der Waals surface area contributed by atoms with Crippen molar-refractivity contribution in [3.8, 4) is 28.0 Å². The molecule has 5 N–H and O–H groups in total. The van der Waals surface area contributed by atoms with Gasteiger partial charge in [-0.2, -0.15) is 0 Å². The standard InChI is InChI=1S/2C11H8N2O3.2C6H6N2O3.C5H3ClN2O3/c14-10-6-9(7-12-11(10)13(15)16)8-4-2-1-3-5-8;14-11-10(13(15)16)6-9(7-12-11)8-4-2-1-3-5-8;1-4-2-6(9)5(3-7-4)8(10)11;1-4-6(8(10)11)5(9)2-3-7-4;6-3-1-4(8(10)11)5(9)7-2-3/h1-7,14H;1-7H,(H,12,14);2*2-3H,1H3,(H,7,9);1-2H,(H,7,9). The minimum atomic E-state index is -0.787. The van der Waals surface area contributed by atoms with Crippen molar-refractivity contribution in [2.45, 2.75) is 13.8 Å². The highest BCUT2D eigenvalue weighted by Crippen LogP contribution is 2.28. The summed E-state index contributed by atoms with van der Waals surface area (Å²) in [5.41, 5.74) is -0.538. The van der Waals surface area contributed by atoms with E-state index in [2.05, 4.69) is 24.9 Å². The lowest BCUT2D eigenvalue weighted by Crippen LogP contribution is -2.10. The molecule has 5 aromatic heterocycles. The van der Waals surface area contributed by atoms with Gasteiger partial charge >= 0.3 is 39.7 Å². The molecule has 334 valence electrons. The van der Waals surface area contributed by atoms with Gasteiger partial charge in [-0.25, -0.2) is 0 Å².